The van der Waals surface area contributed by atoms with Crippen molar-refractivity contribution in [1.82, 2.24) is 9.62 Å². The predicted octanol–water partition coefficient (Wildman–Crippen LogP) is 0.800. The van der Waals surface area contributed by atoms with Gasteiger partial charge in [-0.3, -0.25) is 0 Å². The summed E-state index contributed by atoms with van der Waals surface area (Å²) in [5.41, 5.74) is 0. The van der Waals surface area contributed by atoms with Gasteiger partial charge in [-0.2, -0.15) is 0 Å². The fourth-order valence-electron chi connectivity index (χ4n) is 2.29. The lowest BCUT2D eigenvalue weighted by molar-refractivity contribution is 0.391. The standard InChI is InChI=1S/C11H22N2O2S/c1-2-13(9-10-5-6-10)16(14,15)11-4-3-7-12-8-11/h10-12H,2-9H2,1H3. The molecule has 0 amide bonds. The van der Waals surface area contributed by atoms with Crippen LogP contribution in [0.5, 0.6) is 0 Å². The molecule has 1 unspecified atom stereocenters. The molecule has 1 saturated heterocycles. The van der Waals surface area contributed by atoms with Crippen LogP contribution in [0, 0.1) is 5.92 Å². The van der Waals surface area contributed by atoms with Gasteiger partial charge in [-0.15, -0.1) is 0 Å². The third-order valence-corrected chi connectivity index (χ3v) is 5.92. The number of hydrogen-bond acceptors (Lipinski definition) is 3. The van der Waals surface area contributed by atoms with E-state index in [9.17, 15) is 8.42 Å². The van der Waals surface area contributed by atoms with Gasteiger partial charge in [-0.25, -0.2) is 12.7 Å². The van der Waals surface area contributed by atoms with Gasteiger partial charge in [-0.1, -0.05) is 6.92 Å². The molecule has 1 aliphatic carbocycles. The highest BCUT2D eigenvalue weighted by molar-refractivity contribution is 7.89. The number of piperidine rings is 1. The Hall–Kier alpha value is -0.130. The largest absolute Gasteiger partial charge is 0.315 e. The summed E-state index contributed by atoms with van der Waals surface area (Å²) >= 11 is 0. The Morgan fingerprint density at radius 3 is 2.56 bits per heavy atom. The van der Waals surface area contributed by atoms with Crippen molar-refractivity contribution in [2.45, 2.75) is 37.9 Å². The van der Waals surface area contributed by atoms with E-state index in [4.69, 9.17) is 0 Å². The van der Waals surface area contributed by atoms with Gasteiger partial charge in [0.15, 0.2) is 0 Å². The molecule has 16 heavy (non-hydrogen) atoms. The van der Waals surface area contributed by atoms with E-state index >= 15 is 0 Å². The van der Waals surface area contributed by atoms with Crippen LogP contribution in [0.15, 0.2) is 0 Å². The highest BCUT2D eigenvalue weighted by Crippen LogP contribution is 2.31. The predicted molar refractivity (Wildman–Crippen MR) is 64.8 cm³/mol. The van der Waals surface area contributed by atoms with Crippen molar-refractivity contribution in [2.75, 3.05) is 26.2 Å². The Balaban J connectivity index is 2.01. The van der Waals surface area contributed by atoms with Crippen molar-refractivity contribution in [1.29, 1.82) is 0 Å². The van der Waals surface area contributed by atoms with Gasteiger partial charge >= 0.3 is 0 Å². The Labute approximate surface area is 98.4 Å². The zero-order chi connectivity index (χ0) is 11.6. The molecule has 2 rings (SSSR count). The molecule has 2 fully saturated rings. The van der Waals surface area contributed by atoms with Crippen LogP contribution in [0.25, 0.3) is 0 Å². The smallest absolute Gasteiger partial charge is 0.218 e. The molecule has 0 bridgehead atoms. The SMILES string of the molecule is CCN(CC1CC1)S(=O)(=O)C1CCCNC1. The summed E-state index contributed by atoms with van der Waals surface area (Å²) in [5, 5.41) is 2.99. The van der Waals surface area contributed by atoms with Crippen molar-refractivity contribution in [2.24, 2.45) is 5.92 Å². The maximum absolute atomic E-state index is 12.4. The number of nitrogens with one attached hydrogen (secondary N) is 1. The second-order valence-electron chi connectivity index (χ2n) is 4.91. The lowest BCUT2D eigenvalue weighted by atomic mass is 10.2. The fraction of sp³-hybridized carbons (Fsp3) is 1.00. The third-order valence-electron chi connectivity index (χ3n) is 3.54. The van der Waals surface area contributed by atoms with Crippen LogP contribution in [-0.2, 0) is 10.0 Å². The van der Waals surface area contributed by atoms with Gasteiger partial charge in [0.1, 0.15) is 0 Å². The number of hydrogen-bond donors (Lipinski definition) is 1. The van der Waals surface area contributed by atoms with Crippen molar-refractivity contribution in [3.8, 4) is 0 Å². The van der Waals surface area contributed by atoms with Crippen LogP contribution in [0.1, 0.15) is 32.6 Å². The van der Waals surface area contributed by atoms with E-state index in [2.05, 4.69) is 5.32 Å². The van der Waals surface area contributed by atoms with E-state index in [0.717, 1.165) is 25.9 Å². The molecule has 4 nitrogen and oxygen atoms in total. The molecule has 1 atom stereocenters. The van der Waals surface area contributed by atoms with Crippen molar-refractivity contribution in [3.05, 3.63) is 0 Å². The van der Waals surface area contributed by atoms with Crippen LogP contribution in [0.2, 0.25) is 0 Å². The number of rotatable bonds is 5. The molecule has 0 aromatic carbocycles. The molecule has 1 heterocycles. The van der Waals surface area contributed by atoms with Gasteiger partial charge < -0.3 is 5.32 Å². The molecule has 5 heteroatoms. The van der Waals surface area contributed by atoms with Gasteiger partial charge in [0.2, 0.25) is 10.0 Å². The topological polar surface area (TPSA) is 49.4 Å². The van der Waals surface area contributed by atoms with Gasteiger partial charge in [0, 0.05) is 19.6 Å². The monoisotopic (exact) mass is 246 g/mol. The van der Waals surface area contributed by atoms with Gasteiger partial charge in [0.05, 0.1) is 5.25 Å². The molecule has 94 valence electrons. The molecule has 0 spiro atoms. The van der Waals surface area contributed by atoms with Crippen LogP contribution in [-0.4, -0.2) is 44.2 Å². The highest BCUT2D eigenvalue weighted by Gasteiger charge is 2.35. The minimum atomic E-state index is -3.06. The zero-order valence-electron chi connectivity index (χ0n) is 9.98. The first kappa shape index (κ1) is 12.3. The van der Waals surface area contributed by atoms with Crippen molar-refractivity contribution >= 4 is 10.0 Å². The molecular weight excluding hydrogens is 224 g/mol. The molecule has 0 aromatic rings. The molecule has 1 N–H and O–H groups in total. The Kier molecular flexibility index (Phi) is 3.87. The van der Waals surface area contributed by atoms with E-state index in [0.29, 0.717) is 19.0 Å². The quantitative estimate of drug-likeness (QED) is 0.780. The average Bonchev–Trinajstić information content (AvgIpc) is 3.10. The maximum atomic E-state index is 12.4. The fourth-order valence-corrected chi connectivity index (χ4v) is 4.28. The Morgan fingerprint density at radius 1 is 1.31 bits per heavy atom. The molecule has 0 aromatic heterocycles. The van der Waals surface area contributed by atoms with Crippen LogP contribution in [0.3, 0.4) is 0 Å². The Bertz CT molecular complexity index is 319. The van der Waals surface area contributed by atoms with Gasteiger partial charge in [0.25, 0.3) is 0 Å². The van der Waals surface area contributed by atoms with Crippen LogP contribution >= 0.6 is 0 Å². The Morgan fingerprint density at radius 2 is 2.06 bits per heavy atom. The van der Waals surface area contributed by atoms with E-state index in [-0.39, 0.29) is 5.25 Å². The van der Waals surface area contributed by atoms with Crippen LogP contribution in [0.4, 0.5) is 0 Å². The zero-order valence-corrected chi connectivity index (χ0v) is 10.8. The van der Waals surface area contributed by atoms with Crippen LogP contribution < -0.4 is 5.32 Å². The van der Waals surface area contributed by atoms with Crippen molar-refractivity contribution in [3.63, 3.8) is 0 Å². The normalized spacial score (nSPS) is 27.2. The summed E-state index contributed by atoms with van der Waals surface area (Å²) in [6.07, 6.45) is 4.20. The molecule has 2 aliphatic rings. The van der Waals surface area contributed by atoms with E-state index in [1.165, 1.54) is 12.8 Å². The lowest BCUT2D eigenvalue weighted by Gasteiger charge is -2.29. The second kappa shape index (κ2) is 5.02. The summed E-state index contributed by atoms with van der Waals surface area (Å²) in [5.74, 6) is 0.631. The highest BCUT2D eigenvalue weighted by atomic mass is 32.2. The summed E-state index contributed by atoms with van der Waals surface area (Å²) in [6, 6.07) is 0. The third kappa shape index (κ3) is 2.76. The van der Waals surface area contributed by atoms with Gasteiger partial charge in [-0.05, 0) is 38.1 Å². The molecule has 1 saturated carbocycles. The lowest BCUT2D eigenvalue weighted by Crippen LogP contribution is -2.46. The summed E-state index contributed by atoms with van der Waals surface area (Å²) in [7, 11) is -3.06. The number of nitrogens with zero attached hydrogens (tertiary/aromatic N) is 1. The minimum absolute atomic E-state index is 0.194. The average molecular weight is 246 g/mol. The molecular formula is C11H22N2O2S. The first-order valence-electron chi connectivity index (χ1n) is 6.34. The summed E-state index contributed by atoms with van der Waals surface area (Å²) < 4.78 is 26.4. The first-order valence-corrected chi connectivity index (χ1v) is 7.84. The number of sulfonamides is 1. The maximum Gasteiger partial charge on any atom is 0.218 e. The van der Waals surface area contributed by atoms with E-state index in [1.54, 1.807) is 4.31 Å². The first-order chi connectivity index (χ1) is 7.64. The summed E-state index contributed by atoms with van der Waals surface area (Å²) in [6.45, 7) is 4.89. The molecule has 1 aliphatic heterocycles. The van der Waals surface area contributed by atoms with E-state index < -0.39 is 10.0 Å². The molecule has 0 radical (unpaired) electrons. The van der Waals surface area contributed by atoms with Crippen molar-refractivity contribution < 1.29 is 8.42 Å². The summed E-state index contributed by atoms with van der Waals surface area (Å²) in [4.78, 5) is 0. The minimum Gasteiger partial charge on any atom is -0.315 e. The second-order valence-corrected chi connectivity index (χ2v) is 7.12. The van der Waals surface area contributed by atoms with E-state index in [1.807, 2.05) is 6.92 Å².